The number of amides is 1. The van der Waals surface area contributed by atoms with Crippen molar-refractivity contribution in [3.63, 3.8) is 0 Å². The SMILES string of the molecule is O=C(COc1cccc(Cl)c1)Nc1ccc(N2CCCCC2)cc1. The summed E-state index contributed by atoms with van der Waals surface area (Å²) in [5.41, 5.74) is 1.98. The van der Waals surface area contributed by atoms with Crippen LogP contribution in [0.3, 0.4) is 0 Å². The van der Waals surface area contributed by atoms with Gasteiger partial charge in [-0.2, -0.15) is 0 Å². The summed E-state index contributed by atoms with van der Waals surface area (Å²) in [6.07, 6.45) is 3.82. The number of carbonyl (C=O) groups is 1. The molecule has 1 fully saturated rings. The first-order valence-corrected chi connectivity index (χ1v) is 8.62. The van der Waals surface area contributed by atoms with E-state index >= 15 is 0 Å². The molecule has 0 aromatic heterocycles. The van der Waals surface area contributed by atoms with E-state index < -0.39 is 0 Å². The minimum Gasteiger partial charge on any atom is -0.484 e. The number of rotatable bonds is 5. The third-order valence-electron chi connectivity index (χ3n) is 4.04. The maximum atomic E-state index is 12.0. The van der Waals surface area contributed by atoms with Crippen LogP contribution >= 0.6 is 11.6 Å². The highest BCUT2D eigenvalue weighted by Crippen LogP contribution is 2.22. The van der Waals surface area contributed by atoms with Crippen LogP contribution in [0.15, 0.2) is 48.5 Å². The van der Waals surface area contributed by atoms with Crippen LogP contribution in [0.5, 0.6) is 5.75 Å². The average Bonchev–Trinajstić information content (AvgIpc) is 2.61. The number of ether oxygens (including phenoxy) is 1. The molecule has 3 rings (SSSR count). The Balaban J connectivity index is 1.50. The summed E-state index contributed by atoms with van der Waals surface area (Å²) in [4.78, 5) is 14.4. The van der Waals surface area contributed by atoms with Gasteiger partial charge in [-0.1, -0.05) is 17.7 Å². The predicted octanol–water partition coefficient (Wildman–Crippen LogP) is 4.35. The van der Waals surface area contributed by atoms with Crippen LogP contribution in [0.2, 0.25) is 5.02 Å². The Bertz CT molecular complexity index is 682. The molecule has 1 amide bonds. The quantitative estimate of drug-likeness (QED) is 0.876. The summed E-state index contributed by atoms with van der Waals surface area (Å²) in [6.45, 7) is 2.17. The van der Waals surface area contributed by atoms with Gasteiger partial charge in [0.25, 0.3) is 5.91 Å². The summed E-state index contributed by atoms with van der Waals surface area (Å²) < 4.78 is 5.44. The molecule has 0 unspecified atom stereocenters. The molecule has 0 spiro atoms. The van der Waals surface area contributed by atoms with Crippen LogP contribution in [0, 0.1) is 0 Å². The Hall–Kier alpha value is -2.20. The number of nitrogens with one attached hydrogen (secondary N) is 1. The number of benzene rings is 2. The molecule has 0 atom stereocenters. The number of carbonyl (C=O) groups excluding carboxylic acids is 1. The molecule has 0 radical (unpaired) electrons. The first-order chi connectivity index (χ1) is 11.7. The van der Waals surface area contributed by atoms with Crippen LogP contribution in [0.4, 0.5) is 11.4 Å². The van der Waals surface area contributed by atoms with Crippen molar-refractivity contribution in [2.75, 3.05) is 29.9 Å². The Labute approximate surface area is 147 Å². The second-order valence-corrected chi connectivity index (χ2v) is 6.33. The van der Waals surface area contributed by atoms with E-state index in [0.29, 0.717) is 10.8 Å². The highest BCUT2D eigenvalue weighted by atomic mass is 35.5. The van der Waals surface area contributed by atoms with Crippen molar-refractivity contribution >= 4 is 28.9 Å². The number of hydrogen-bond acceptors (Lipinski definition) is 3. The van der Waals surface area contributed by atoms with E-state index in [1.807, 2.05) is 12.1 Å². The second-order valence-electron chi connectivity index (χ2n) is 5.89. The molecule has 1 aliphatic heterocycles. The molecule has 1 heterocycles. The Kier molecular flexibility index (Phi) is 5.59. The van der Waals surface area contributed by atoms with E-state index in [1.165, 1.54) is 24.9 Å². The van der Waals surface area contributed by atoms with Gasteiger partial charge in [-0.15, -0.1) is 0 Å². The summed E-state index contributed by atoms with van der Waals surface area (Å²) in [6, 6.07) is 15.0. The van der Waals surface area contributed by atoms with Crippen LogP contribution < -0.4 is 15.0 Å². The average molecular weight is 345 g/mol. The van der Waals surface area contributed by atoms with Crippen LogP contribution in [-0.4, -0.2) is 25.6 Å². The van der Waals surface area contributed by atoms with E-state index in [9.17, 15) is 4.79 Å². The lowest BCUT2D eigenvalue weighted by atomic mass is 10.1. The van der Waals surface area contributed by atoms with Gasteiger partial charge in [0, 0.05) is 29.5 Å². The van der Waals surface area contributed by atoms with Gasteiger partial charge in [0.15, 0.2) is 6.61 Å². The summed E-state index contributed by atoms with van der Waals surface area (Å²) in [7, 11) is 0. The van der Waals surface area contributed by atoms with E-state index in [1.54, 1.807) is 24.3 Å². The highest BCUT2D eigenvalue weighted by molar-refractivity contribution is 6.30. The van der Waals surface area contributed by atoms with Gasteiger partial charge in [0.2, 0.25) is 0 Å². The largest absolute Gasteiger partial charge is 0.484 e. The van der Waals surface area contributed by atoms with Gasteiger partial charge in [0.1, 0.15) is 5.75 Å². The van der Waals surface area contributed by atoms with Crippen molar-refractivity contribution < 1.29 is 9.53 Å². The van der Waals surface area contributed by atoms with E-state index in [-0.39, 0.29) is 12.5 Å². The van der Waals surface area contributed by atoms with Crippen molar-refractivity contribution in [1.82, 2.24) is 0 Å². The zero-order chi connectivity index (χ0) is 16.8. The Morgan fingerprint density at radius 1 is 1.08 bits per heavy atom. The van der Waals surface area contributed by atoms with E-state index in [2.05, 4.69) is 22.3 Å². The van der Waals surface area contributed by atoms with E-state index in [0.717, 1.165) is 18.8 Å². The fraction of sp³-hybridized carbons (Fsp3) is 0.316. The lowest BCUT2D eigenvalue weighted by Gasteiger charge is -2.28. The lowest BCUT2D eigenvalue weighted by Crippen LogP contribution is -2.29. The molecule has 1 N–H and O–H groups in total. The van der Waals surface area contributed by atoms with Crippen molar-refractivity contribution in [2.24, 2.45) is 0 Å². The number of hydrogen-bond donors (Lipinski definition) is 1. The molecular weight excluding hydrogens is 324 g/mol. The number of anilines is 2. The van der Waals surface area contributed by atoms with Crippen LogP contribution in [-0.2, 0) is 4.79 Å². The molecule has 126 valence electrons. The first-order valence-electron chi connectivity index (χ1n) is 8.24. The van der Waals surface area contributed by atoms with Crippen molar-refractivity contribution in [2.45, 2.75) is 19.3 Å². The van der Waals surface area contributed by atoms with Gasteiger partial charge in [0.05, 0.1) is 0 Å². The number of piperidine rings is 1. The van der Waals surface area contributed by atoms with Gasteiger partial charge < -0.3 is 15.0 Å². The first kappa shape index (κ1) is 16.7. The molecule has 2 aromatic rings. The van der Waals surface area contributed by atoms with Gasteiger partial charge in [-0.25, -0.2) is 0 Å². The third-order valence-corrected chi connectivity index (χ3v) is 4.27. The summed E-state index contributed by atoms with van der Waals surface area (Å²) in [5.74, 6) is 0.388. The normalized spacial score (nSPS) is 14.3. The minimum absolute atomic E-state index is 0.0474. The zero-order valence-electron chi connectivity index (χ0n) is 13.5. The maximum Gasteiger partial charge on any atom is 0.262 e. The smallest absolute Gasteiger partial charge is 0.262 e. The third kappa shape index (κ3) is 4.65. The van der Waals surface area contributed by atoms with Gasteiger partial charge in [-0.3, -0.25) is 4.79 Å². The molecule has 1 saturated heterocycles. The topological polar surface area (TPSA) is 41.6 Å². The van der Waals surface area contributed by atoms with Crippen molar-refractivity contribution in [3.8, 4) is 5.75 Å². The maximum absolute atomic E-state index is 12.0. The molecular formula is C19H21ClN2O2. The monoisotopic (exact) mass is 344 g/mol. The van der Waals surface area contributed by atoms with Crippen LogP contribution in [0.1, 0.15) is 19.3 Å². The fourth-order valence-corrected chi connectivity index (χ4v) is 2.99. The predicted molar refractivity (Wildman–Crippen MR) is 98.1 cm³/mol. The van der Waals surface area contributed by atoms with Crippen molar-refractivity contribution in [3.05, 3.63) is 53.6 Å². The van der Waals surface area contributed by atoms with Gasteiger partial charge in [-0.05, 0) is 61.7 Å². The molecule has 5 heteroatoms. The molecule has 0 saturated carbocycles. The second kappa shape index (κ2) is 8.06. The number of halogens is 1. The van der Waals surface area contributed by atoms with Crippen molar-refractivity contribution in [1.29, 1.82) is 0 Å². The lowest BCUT2D eigenvalue weighted by molar-refractivity contribution is -0.118. The van der Waals surface area contributed by atoms with Gasteiger partial charge >= 0.3 is 0 Å². The molecule has 4 nitrogen and oxygen atoms in total. The molecule has 0 bridgehead atoms. The number of nitrogens with zero attached hydrogens (tertiary/aromatic N) is 1. The minimum atomic E-state index is -0.194. The fourth-order valence-electron chi connectivity index (χ4n) is 2.81. The standard InChI is InChI=1S/C19H21ClN2O2/c20-15-5-4-6-18(13-15)24-14-19(23)21-16-7-9-17(10-8-16)22-11-2-1-3-12-22/h4-10,13H,1-3,11-12,14H2,(H,21,23). The molecule has 24 heavy (non-hydrogen) atoms. The van der Waals surface area contributed by atoms with Crippen LogP contribution in [0.25, 0.3) is 0 Å². The molecule has 1 aliphatic rings. The molecule has 0 aliphatic carbocycles. The Morgan fingerprint density at radius 3 is 2.54 bits per heavy atom. The highest BCUT2D eigenvalue weighted by Gasteiger charge is 2.11. The summed E-state index contributed by atoms with van der Waals surface area (Å²) in [5, 5.41) is 3.43. The zero-order valence-corrected chi connectivity index (χ0v) is 14.3. The summed E-state index contributed by atoms with van der Waals surface area (Å²) >= 11 is 5.88. The van der Waals surface area contributed by atoms with E-state index in [4.69, 9.17) is 16.3 Å². The molecule has 2 aromatic carbocycles. The Morgan fingerprint density at radius 2 is 1.83 bits per heavy atom.